The molecule has 96 valence electrons. The summed E-state index contributed by atoms with van der Waals surface area (Å²) in [6.07, 6.45) is 3.53. The summed E-state index contributed by atoms with van der Waals surface area (Å²) >= 11 is 0. The van der Waals surface area contributed by atoms with Gasteiger partial charge < -0.3 is 15.2 Å². The number of rotatable bonds is 5. The Bertz CT molecular complexity index is 322. The van der Waals surface area contributed by atoms with E-state index in [9.17, 15) is 14.7 Å². The minimum Gasteiger partial charge on any atom is -0.480 e. The molecular formula is C12H19NO4. The molecule has 2 saturated carbocycles. The van der Waals surface area contributed by atoms with Crippen molar-refractivity contribution in [3.63, 3.8) is 0 Å². The minimum absolute atomic E-state index is 0.00718. The summed E-state index contributed by atoms with van der Waals surface area (Å²) in [5, 5.41) is 12.0. The van der Waals surface area contributed by atoms with E-state index in [0.717, 1.165) is 19.3 Å². The van der Waals surface area contributed by atoms with Gasteiger partial charge in [0.2, 0.25) is 5.91 Å². The second-order valence-corrected chi connectivity index (χ2v) is 4.92. The molecule has 5 heteroatoms. The molecule has 0 aliphatic heterocycles. The van der Waals surface area contributed by atoms with E-state index in [2.05, 4.69) is 5.32 Å². The first-order chi connectivity index (χ1) is 8.09. The Morgan fingerprint density at radius 1 is 1.41 bits per heavy atom. The molecule has 2 aliphatic rings. The highest BCUT2D eigenvalue weighted by Gasteiger charge is 2.49. The van der Waals surface area contributed by atoms with Gasteiger partial charge in [0.15, 0.2) is 0 Å². The summed E-state index contributed by atoms with van der Waals surface area (Å²) in [5.74, 6) is -1.21. The molecule has 2 rings (SSSR count). The van der Waals surface area contributed by atoms with E-state index in [1.54, 1.807) is 0 Å². The zero-order valence-corrected chi connectivity index (χ0v) is 10.1. The van der Waals surface area contributed by atoms with Crippen LogP contribution in [0.4, 0.5) is 0 Å². The molecule has 2 N–H and O–H groups in total. The van der Waals surface area contributed by atoms with Crippen LogP contribution in [0.1, 0.15) is 39.0 Å². The number of nitrogens with one attached hydrogen (secondary N) is 1. The summed E-state index contributed by atoms with van der Waals surface area (Å²) in [7, 11) is 0. The fraction of sp³-hybridized carbons (Fsp3) is 0.833. The second-order valence-electron chi connectivity index (χ2n) is 4.92. The van der Waals surface area contributed by atoms with Crippen LogP contribution in [-0.2, 0) is 14.3 Å². The average molecular weight is 241 g/mol. The van der Waals surface area contributed by atoms with Gasteiger partial charge in [-0.2, -0.15) is 0 Å². The van der Waals surface area contributed by atoms with Gasteiger partial charge >= 0.3 is 5.97 Å². The molecular weight excluding hydrogens is 222 g/mol. The lowest BCUT2D eigenvalue weighted by Crippen LogP contribution is -2.53. The van der Waals surface area contributed by atoms with Crippen LogP contribution in [0.2, 0.25) is 0 Å². The highest BCUT2D eigenvalue weighted by Crippen LogP contribution is 2.36. The Morgan fingerprint density at radius 2 is 2.06 bits per heavy atom. The molecule has 0 aromatic carbocycles. The van der Waals surface area contributed by atoms with Crippen LogP contribution in [0.25, 0.3) is 0 Å². The Hall–Kier alpha value is -1.10. The lowest BCUT2D eigenvalue weighted by atomic mass is 9.97. The first-order valence-electron chi connectivity index (χ1n) is 6.26. The van der Waals surface area contributed by atoms with Gasteiger partial charge in [0.25, 0.3) is 0 Å². The normalized spacial score (nSPS) is 29.9. The van der Waals surface area contributed by atoms with E-state index in [1.165, 1.54) is 0 Å². The number of carbonyl (C=O) groups excluding carboxylic acids is 1. The molecule has 2 fully saturated rings. The van der Waals surface area contributed by atoms with Gasteiger partial charge in [-0.25, -0.2) is 4.79 Å². The second kappa shape index (κ2) is 4.64. The first kappa shape index (κ1) is 12.4. The highest BCUT2D eigenvalue weighted by atomic mass is 16.5. The number of hydrogen-bond donors (Lipinski definition) is 2. The number of aliphatic carboxylic acids is 1. The zero-order valence-electron chi connectivity index (χ0n) is 10.1. The van der Waals surface area contributed by atoms with Gasteiger partial charge in [-0.05, 0) is 26.2 Å². The first-order valence-corrected chi connectivity index (χ1v) is 6.26. The van der Waals surface area contributed by atoms with Crippen molar-refractivity contribution in [1.82, 2.24) is 5.32 Å². The maximum atomic E-state index is 11.9. The lowest BCUT2D eigenvalue weighted by Gasteiger charge is -2.25. The standard InChI is InChI=1S/C12H19NO4/c1-2-17-9-7-8(9)10(14)13-12(11(15)16)5-3-4-6-12/h8-9H,2-7H2,1H3,(H,13,14)(H,15,16). The van der Waals surface area contributed by atoms with Gasteiger partial charge in [0.05, 0.1) is 12.0 Å². The predicted molar refractivity (Wildman–Crippen MR) is 60.5 cm³/mol. The Balaban J connectivity index is 1.91. The number of carboxylic acids is 1. The Kier molecular flexibility index (Phi) is 3.38. The van der Waals surface area contributed by atoms with E-state index >= 15 is 0 Å². The maximum absolute atomic E-state index is 11.9. The smallest absolute Gasteiger partial charge is 0.329 e. The van der Waals surface area contributed by atoms with E-state index in [4.69, 9.17) is 4.74 Å². The number of hydrogen-bond acceptors (Lipinski definition) is 3. The molecule has 0 aromatic rings. The molecule has 0 heterocycles. The number of amides is 1. The summed E-state index contributed by atoms with van der Waals surface area (Å²) in [4.78, 5) is 23.2. The van der Waals surface area contributed by atoms with Crippen LogP contribution in [0.5, 0.6) is 0 Å². The quantitative estimate of drug-likeness (QED) is 0.750. The van der Waals surface area contributed by atoms with Crippen molar-refractivity contribution >= 4 is 11.9 Å². The van der Waals surface area contributed by atoms with Crippen molar-refractivity contribution in [2.24, 2.45) is 5.92 Å². The van der Waals surface area contributed by atoms with E-state index in [1.807, 2.05) is 6.92 Å². The topological polar surface area (TPSA) is 75.6 Å². The van der Waals surface area contributed by atoms with Crippen molar-refractivity contribution in [3.8, 4) is 0 Å². The summed E-state index contributed by atoms with van der Waals surface area (Å²) in [6, 6.07) is 0. The predicted octanol–water partition coefficient (Wildman–Crippen LogP) is 0.925. The molecule has 0 spiro atoms. The highest BCUT2D eigenvalue weighted by molar-refractivity contribution is 5.89. The summed E-state index contributed by atoms with van der Waals surface area (Å²) in [5.41, 5.74) is -1.02. The van der Waals surface area contributed by atoms with E-state index < -0.39 is 11.5 Å². The zero-order chi connectivity index (χ0) is 12.5. The van der Waals surface area contributed by atoms with Crippen LogP contribution >= 0.6 is 0 Å². The molecule has 1 amide bonds. The van der Waals surface area contributed by atoms with Gasteiger partial charge in [0, 0.05) is 6.61 Å². The monoisotopic (exact) mass is 241 g/mol. The number of carbonyl (C=O) groups is 2. The fourth-order valence-electron chi connectivity index (χ4n) is 2.55. The van der Waals surface area contributed by atoms with Crippen molar-refractivity contribution in [3.05, 3.63) is 0 Å². The van der Waals surface area contributed by atoms with Gasteiger partial charge in [0.1, 0.15) is 5.54 Å². The molecule has 0 bridgehead atoms. The van der Waals surface area contributed by atoms with Crippen LogP contribution in [0, 0.1) is 5.92 Å². The maximum Gasteiger partial charge on any atom is 0.329 e. The van der Waals surface area contributed by atoms with Gasteiger partial charge in [-0.3, -0.25) is 4.79 Å². The minimum atomic E-state index is -1.02. The third kappa shape index (κ3) is 2.44. The lowest BCUT2D eigenvalue weighted by molar-refractivity contribution is -0.147. The van der Waals surface area contributed by atoms with Crippen LogP contribution in [0.15, 0.2) is 0 Å². The molecule has 0 saturated heterocycles. The molecule has 2 unspecified atom stereocenters. The van der Waals surface area contributed by atoms with Crippen LogP contribution in [0.3, 0.4) is 0 Å². The van der Waals surface area contributed by atoms with Crippen LogP contribution < -0.4 is 5.32 Å². The summed E-state index contributed by atoms with van der Waals surface area (Å²) in [6.45, 7) is 2.49. The van der Waals surface area contributed by atoms with Crippen molar-refractivity contribution < 1.29 is 19.4 Å². The number of carboxylic acid groups (broad SMARTS) is 1. The van der Waals surface area contributed by atoms with E-state index in [-0.39, 0.29) is 17.9 Å². The van der Waals surface area contributed by atoms with Gasteiger partial charge in [-0.1, -0.05) is 12.8 Å². The number of ether oxygens (including phenoxy) is 1. The van der Waals surface area contributed by atoms with Crippen molar-refractivity contribution in [2.45, 2.75) is 50.7 Å². The Labute approximate surface area is 101 Å². The molecule has 0 aromatic heterocycles. The molecule has 0 radical (unpaired) electrons. The molecule has 2 aliphatic carbocycles. The largest absolute Gasteiger partial charge is 0.480 e. The SMILES string of the molecule is CCOC1CC1C(=O)NC1(C(=O)O)CCCC1. The molecule has 17 heavy (non-hydrogen) atoms. The van der Waals surface area contributed by atoms with Crippen molar-refractivity contribution in [1.29, 1.82) is 0 Å². The van der Waals surface area contributed by atoms with Gasteiger partial charge in [-0.15, -0.1) is 0 Å². The van der Waals surface area contributed by atoms with E-state index in [0.29, 0.717) is 19.4 Å². The van der Waals surface area contributed by atoms with Crippen LogP contribution in [-0.4, -0.2) is 35.2 Å². The average Bonchev–Trinajstić information content (AvgIpc) is 2.88. The third-order valence-electron chi connectivity index (χ3n) is 3.68. The summed E-state index contributed by atoms with van der Waals surface area (Å²) < 4.78 is 5.34. The fourth-order valence-corrected chi connectivity index (χ4v) is 2.55. The molecule has 5 nitrogen and oxygen atoms in total. The third-order valence-corrected chi connectivity index (χ3v) is 3.68. The van der Waals surface area contributed by atoms with Crippen molar-refractivity contribution in [2.75, 3.05) is 6.61 Å². The molecule has 2 atom stereocenters. The Morgan fingerprint density at radius 3 is 2.59 bits per heavy atom.